The van der Waals surface area contributed by atoms with E-state index in [1.165, 1.54) is 12.3 Å². The van der Waals surface area contributed by atoms with E-state index >= 15 is 0 Å². The van der Waals surface area contributed by atoms with Crippen LogP contribution in [0.4, 0.5) is 4.39 Å². The Morgan fingerprint density at radius 2 is 1.96 bits per heavy atom. The van der Waals surface area contributed by atoms with Gasteiger partial charge in [0.25, 0.3) is 0 Å². The second-order valence-electron chi connectivity index (χ2n) is 5.82. The van der Waals surface area contributed by atoms with Crippen LogP contribution in [0.2, 0.25) is 0 Å². The summed E-state index contributed by atoms with van der Waals surface area (Å²) >= 11 is 0. The van der Waals surface area contributed by atoms with Gasteiger partial charge in [0, 0.05) is 18.8 Å². The number of aliphatic hydroxyl groups is 1. The van der Waals surface area contributed by atoms with Crippen LogP contribution in [0.1, 0.15) is 44.0 Å². The van der Waals surface area contributed by atoms with Gasteiger partial charge < -0.3 is 15.2 Å². The van der Waals surface area contributed by atoms with Gasteiger partial charge in [0.2, 0.25) is 0 Å². The molecule has 0 amide bonds. The zero-order valence-corrected chi connectivity index (χ0v) is 13.7. The van der Waals surface area contributed by atoms with Gasteiger partial charge in [-0.25, -0.2) is 4.39 Å². The highest BCUT2D eigenvalue weighted by Crippen LogP contribution is 2.21. The van der Waals surface area contributed by atoms with Crippen molar-refractivity contribution in [2.24, 2.45) is 0 Å². The molecule has 0 radical (unpaired) electrons. The third-order valence-corrected chi connectivity index (χ3v) is 3.46. The van der Waals surface area contributed by atoms with Crippen LogP contribution in [0.25, 0.3) is 0 Å². The summed E-state index contributed by atoms with van der Waals surface area (Å²) in [5.41, 5.74) is 1.52. The van der Waals surface area contributed by atoms with Crippen molar-refractivity contribution >= 4 is 0 Å². The molecular weight excluding hydrogens is 295 g/mol. The molecule has 0 bridgehead atoms. The van der Waals surface area contributed by atoms with E-state index in [1.807, 2.05) is 45.0 Å². The number of hydrogen-bond donors (Lipinski definition) is 2. The maximum atomic E-state index is 13.2. The quantitative estimate of drug-likeness (QED) is 0.821. The van der Waals surface area contributed by atoms with Gasteiger partial charge >= 0.3 is 0 Å². The Balaban J connectivity index is 1.95. The molecular formula is C18H23FN2O2. The maximum Gasteiger partial charge on any atom is 0.141 e. The van der Waals surface area contributed by atoms with E-state index in [0.29, 0.717) is 6.54 Å². The van der Waals surface area contributed by atoms with Gasteiger partial charge in [0.1, 0.15) is 11.6 Å². The number of aliphatic hydroxyl groups excluding tert-OH is 1. The summed E-state index contributed by atoms with van der Waals surface area (Å²) in [5, 5.41) is 13.5. The molecule has 0 aliphatic rings. The highest BCUT2D eigenvalue weighted by molar-refractivity contribution is 5.30. The minimum absolute atomic E-state index is 0.0843. The zero-order valence-electron chi connectivity index (χ0n) is 13.7. The SMILES string of the molecule is CC(C)Oc1cccc(C(O)CNC(C)c2cncc(F)c2)c1. The van der Waals surface area contributed by atoms with Gasteiger partial charge in [-0.2, -0.15) is 0 Å². The standard InChI is InChI=1S/C18H23FN2O2/c1-12(2)23-17-6-4-5-14(8-17)18(22)11-21-13(3)15-7-16(19)10-20-9-15/h4-10,12-13,18,21-22H,11H2,1-3H3. The molecule has 1 aromatic carbocycles. The van der Waals surface area contributed by atoms with Gasteiger partial charge in [-0.05, 0) is 50.1 Å². The molecule has 0 aliphatic carbocycles. The van der Waals surface area contributed by atoms with E-state index in [4.69, 9.17) is 4.74 Å². The van der Waals surface area contributed by atoms with E-state index in [1.54, 1.807) is 6.20 Å². The minimum Gasteiger partial charge on any atom is -0.491 e. The molecule has 1 aromatic heterocycles. The van der Waals surface area contributed by atoms with Crippen LogP contribution in [0.5, 0.6) is 5.75 Å². The molecule has 23 heavy (non-hydrogen) atoms. The summed E-state index contributed by atoms with van der Waals surface area (Å²) < 4.78 is 18.8. The highest BCUT2D eigenvalue weighted by Gasteiger charge is 2.12. The normalized spacial score (nSPS) is 13.8. The number of benzene rings is 1. The Bertz CT molecular complexity index is 634. The molecule has 0 aliphatic heterocycles. The van der Waals surface area contributed by atoms with Crippen molar-refractivity contribution in [3.8, 4) is 5.75 Å². The van der Waals surface area contributed by atoms with Gasteiger partial charge in [-0.1, -0.05) is 12.1 Å². The molecule has 124 valence electrons. The van der Waals surface area contributed by atoms with Crippen LogP contribution in [-0.4, -0.2) is 22.7 Å². The predicted octanol–water partition coefficient (Wildman–Crippen LogP) is 3.39. The van der Waals surface area contributed by atoms with Crippen LogP contribution in [0, 0.1) is 5.82 Å². The van der Waals surface area contributed by atoms with Crippen molar-refractivity contribution in [3.05, 3.63) is 59.7 Å². The fraction of sp³-hybridized carbons (Fsp3) is 0.389. The zero-order chi connectivity index (χ0) is 16.8. The van der Waals surface area contributed by atoms with E-state index in [2.05, 4.69) is 10.3 Å². The van der Waals surface area contributed by atoms with Crippen LogP contribution >= 0.6 is 0 Å². The average molecular weight is 318 g/mol. The molecule has 0 fully saturated rings. The topological polar surface area (TPSA) is 54.4 Å². The number of hydrogen-bond acceptors (Lipinski definition) is 4. The second-order valence-corrected chi connectivity index (χ2v) is 5.82. The summed E-state index contributed by atoms with van der Waals surface area (Å²) in [6.45, 7) is 6.17. The highest BCUT2D eigenvalue weighted by atomic mass is 19.1. The third kappa shape index (κ3) is 5.30. The van der Waals surface area contributed by atoms with Crippen molar-refractivity contribution in [3.63, 3.8) is 0 Å². The molecule has 2 aromatic rings. The lowest BCUT2D eigenvalue weighted by Crippen LogP contribution is -2.25. The molecule has 0 spiro atoms. The first-order chi connectivity index (χ1) is 11.0. The lowest BCUT2D eigenvalue weighted by atomic mass is 10.1. The largest absolute Gasteiger partial charge is 0.491 e. The van der Waals surface area contributed by atoms with Gasteiger partial charge in [0.15, 0.2) is 0 Å². The third-order valence-electron chi connectivity index (χ3n) is 3.46. The van der Waals surface area contributed by atoms with Crippen molar-refractivity contribution in [2.75, 3.05) is 6.54 Å². The molecule has 2 atom stereocenters. The lowest BCUT2D eigenvalue weighted by molar-refractivity contribution is 0.169. The van der Waals surface area contributed by atoms with Crippen molar-refractivity contribution in [2.45, 2.75) is 39.0 Å². The maximum absolute atomic E-state index is 13.2. The smallest absolute Gasteiger partial charge is 0.141 e. The van der Waals surface area contributed by atoms with Crippen molar-refractivity contribution in [1.82, 2.24) is 10.3 Å². The predicted molar refractivity (Wildman–Crippen MR) is 87.8 cm³/mol. The van der Waals surface area contributed by atoms with E-state index < -0.39 is 6.10 Å². The minimum atomic E-state index is -0.672. The van der Waals surface area contributed by atoms with Gasteiger partial charge in [-0.15, -0.1) is 0 Å². The molecule has 2 N–H and O–H groups in total. The summed E-state index contributed by atoms with van der Waals surface area (Å²) in [5.74, 6) is 0.370. The Hall–Kier alpha value is -1.98. The van der Waals surface area contributed by atoms with Crippen LogP contribution in [-0.2, 0) is 0 Å². The molecule has 0 saturated heterocycles. The summed E-state index contributed by atoms with van der Waals surface area (Å²) in [6, 6.07) is 8.74. The second kappa shape index (κ2) is 8.04. The number of aromatic nitrogens is 1. The van der Waals surface area contributed by atoms with Crippen LogP contribution in [0.3, 0.4) is 0 Å². The average Bonchev–Trinajstić information content (AvgIpc) is 2.52. The van der Waals surface area contributed by atoms with Crippen LogP contribution < -0.4 is 10.1 Å². The van der Waals surface area contributed by atoms with Gasteiger partial charge in [0.05, 0.1) is 18.4 Å². The van der Waals surface area contributed by atoms with Crippen molar-refractivity contribution in [1.29, 1.82) is 0 Å². The number of rotatable bonds is 7. The van der Waals surface area contributed by atoms with Gasteiger partial charge in [-0.3, -0.25) is 4.98 Å². The Morgan fingerprint density at radius 1 is 1.17 bits per heavy atom. The summed E-state index contributed by atoms with van der Waals surface area (Å²) in [7, 11) is 0. The first-order valence-electron chi connectivity index (χ1n) is 7.74. The number of nitrogens with one attached hydrogen (secondary N) is 1. The fourth-order valence-corrected chi connectivity index (χ4v) is 2.26. The fourth-order valence-electron chi connectivity index (χ4n) is 2.26. The number of nitrogens with zero attached hydrogens (tertiary/aromatic N) is 1. The number of ether oxygens (including phenoxy) is 1. The Labute approximate surface area is 136 Å². The first kappa shape index (κ1) is 17.4. The van der Waals surface area contributed by atoms with E-state index in [9.17, 15) is 9.50 Å². The van der Waals surface area contributed by atoms with E-state index in [-0.39, 0.29) is 18.0 Å². The molecule has 2 unspecified atom stereocenters. The molecule has 0 saturated carbocycles. The molecule has 1 heterocycles. The molecule has 4 nitrogen and oxygen atoms in total. The first-order valence-corrected chi connectivity index (χ1v) is 7.74. The van der Waals surface area contributed by atoms with Crippen LogP contribution in [0.15, 0.2) is 42.7 Å². The summed E-state index contributed by atoms with van der Waals surface area (Å²) in [6.07, 6.45) is 2.20. The molecule has 2 rings (SSSR count). The number of halogens is 1. The Kier molecular flexibility index (Phi) is 6.07. The summed E-state index contributed by atoms with van der Waals surface area (Å²) in [4.78, 5) is 3.84. The monoisotopic (exact) mass is 318 g/mol. The number of pyridine rings is 1. The van der Waals surface area contributed by atoms with Crippen molar-refractivity contribution < 1.29 is 14.2 Å². The lowest BCUT2D eigenvalue weighted by Gasteiger charge is -2.18. The Morgan fingerprint density at radius 3 is 2.65 bits per heavy atom. The van der Waals surface area contributed by atoms with E-state index in [0.717, 1.165) is 16.9 Å². The molecule has 5 heteroatoms.